The van der Waals surface area contributed by atoms with E-state index in [1.807, 2.05) is 37.3 Å². The summed E-state index contributed by atoms with van der Waals surface area (Å²) < 4.78 is 5.52. The Morgan fingerprint density at radius 2 is 1.73 bits per heavy atom. The number of aryl methyl sites for hydroxylation is 1. The summed E-state index contributed by atoms with van der Waals surface area (Å²) in [6.07, 6.45) is 3.95. The molecule has 1 heterocycles. The van der Waals surface area contributed by atoms with Crippen molar-refractivity contribution in [1.29, 1.82) is 0 Å². The van der Waals surface area contributed by atoms with Crippen LogP contribution in [0.4, 0.5) is 0 Å². The summed E-state index contributed by atoms with van der Waals surface area (Å²) in [5.41, 5.74) is 2.38. The van der Waals surface area contributed by atoms with Gasteiger partial charge in [0.05, 0.1) is 18.7 Å². The van der Waals surface area contributed by atoms with E-state index in [1.54, 1.807) is 30.2 Å². The zero-order valence-electron chi connectivity index (χ0n) is 17.9. The van der Waals surface area contributed by atoms with Gasteiger partial charge < -0.3 is 14.7 Å². The molecule has 5 heteroatoms. The monoisotopic (exact) mass is 407 g/mol. The van der Waals surface area contributed by atoms with Crippen molar-refractivity contribution in [1.82, 2.24) is 4.90 Å². The van der Waals surface area contributed by atoms with Crippen LogP contribution < -0.4 is 4.74 Å². The predicted octanol–water partition coefficient (Wildman–Crippen LogP) is 5.01. The van der Waals surface area contributed by atoms with Crippen LogP contribution in [0.5, 0.6) is 5.75 Å². The maximum absolute atomic E-state index is 13.0. The van der Waals surface area contributed by atoms with Gasteiger partial charge in [-0.1, -0.05) is 74.2 Å². The van der Waals surface area contributed by atoms with Gasteiger partial charge in [0.15, 0.2) is 0 Å². The van der Waals surface area contributed by atoms with Gasteiger partial charge in [-0.3, -0.25) is 9.59 Å². The summed E-state index contributed by atoms with van der Waals surface area (Å²) in [5.74, 6) is -0.798. The second-order valence-corrected chi connectivity index (χ2v) is 7.66. The fourth-order valence-corrected chi connectivity index (χ4v) is 3.90. The largest absolute Gasteiger partial charge is 0.507 e. The number of nitrogens with zero attached hydrogens (tertiary/aromatic N) is 1. The topological polar surface area (TPSA) is 66.8 Å². The lowest BCUT2D eigenvalue weighted by Gasteiger charge is -2.26. The molecule has 1 aliphatic rings. The summed E-state index contributed by atoms with van der Waals surface area (Å²) >= 11 is 0. The normalized spacial score (nSPS) is 18.1. The molecule has 0 saturated carbocycles. The summed E-state index contributed by atoms with van der Waals surface area (Å²) in [6, 6.07) is 13.9. The summed E-state index contributed by atoms with van der Waals surface area (Å²) in [4.78, 5) is 27.5. The van der Waals surface area contributed by atoms with Gasteiger partial charge in [0.25, 0.3) is 11.7 Å². The van der Waals surface area contributed by atoms with Gasteiger partial charge in [0.1, 0.15) is 11.5 Å². The van der Waals surface area contributed by atoms with Crippen LogP contribution in [0.15, 0.2) is 54.1 Å². The molecule has 0 bridgehead atoms. The van der Waals surface area contributed by atoms with Crippen LogP contribution in [-0.2, 0) is 9.59 Å². The van der Waals surface area contributed by atoms with Gasteiger partial charge in [-0.05, 0) is 19.4 Å². The Morgan fingerprint density at radius 1 is 1.03 bits per heavy atom. The Hall–Kier alpha value is -3.08. The Balaban J connectivity index is 2.11. The fourth-order valence-electron chi connectivity index (χ4n) is 3.90. The molecule has 5 nitrogen and oxygen atoms in total. The van der Waals surface area contributed by atoms with Crippen molar-refractivity contribution in [3.8, 4) is 5.75 Å². The first kappa shape index (κ1) is 21.6. The smallest absolute Gasteiger partial charge is 0.295 e. The number of unbranched alkanes of at least 4 members (excludes halogenated alkanes) is 3. The number of benzene rings is 2. The van der Waals surface area contributed by atoms with Crippen LogP contribution in [0.25, 0.3) is 5.76 Å². The van der Waals surface area contributed by atoms with Crippen LogP contribution in [0, 0.1) is 6.92 Å². The third kappa shape index (κ3) is 4.25. The number of para-hydroxylation sites is 1. The molecule has 2 aromatic rings. The zero-order chi connectivity index (χ0) is 21.7. The van der Waals surface area contributed by atoms with Crippen LogP contribution in [0.1, 0.15) is 55.3 Å². The van der Waals surface area contributed by atoms with Crippen molar-refractivity contribution in [2.45, 2.75) is 45.6 Å². The van der Waals surface area contributed by atoms with Gasteiger partial charge in [-0.2, -0.15) is 0 Å². The van der Waals surface area contributed by atoms with Crippen LogP contribution >= 0.6 is 0 Å². The number of amides is 1. The molecular weight excluding hydrogens is 378 g/mol. The molecule has 30 heavy (non-hydrogen) atoms. The molecule has 0 spiro atoms. The molecule has 2 aromatic carbocycles. The van der Waals surface area contributed by atoms with Gasteiger partial charge in [0, 0.05) is 17.7 Å². The molecule has 3 rings (SSSR count). The number of ether oxygens (including phenoxy) is 1. The van der Waals surface area contributed by atoms with Crippen LogP contribution in [0.3, 0.4) is 0 Å². The van der Waals surface area contributed by atoms with E-state index in [4.69, 9.17) is 4.74 Å². The highest BCUT2D eigenvalue weighted by atomic mass is 16.5. The van der Waals surface area contributed by atoms with Crippen molar-refractivity contribution >= 4 is 17.4 Å². The lowest BCUT2D eigenvalue weighted by atomic mass is 9.94. The summed E-state index contributed by atoms with van der Waals surface area (Å²) in [6.45, 7) is 4.54. The highest BCUT2D eigenvalue weighted by Gasteiger charge is 2.46. The number of rotatable bonds is 8. The van der Waals surface area contributed by atoms with E-state index in [9.17, 15) is 14.7 Å². The average Bonchev–Trinajstić information content (AvgIpc) is 3.01. The predicted molar refractivity (Wildman–Crippen MR) is 117 cm³/mol. The van der Waals surface area contributed by atoms with E-state index in [2.05, 4.69) is 6.92 Å². The molecule has 1 saturated heterocycles. The second-order valence-electron chi connectivity index (χ2n) is 7.66. The highest BCUT2D eigenvalue weighted by Crippen LogP contribution is 2.42. The first-order chi connectivity index (χ1) is 14.5. The van der Waals surface area contributed by atoms with Crippen molar-refractivity contribution in [2.24, 2.45) is 0 Å². The van der Waals surface area contributed by atoms with Crippen LogP contribution in [-0.4, -0.2) is 35.4 Å². The van der Waals surface area contributed by atoms with E-state index in [-0.39, 0.29) is 11.3 Å². The van der Waals surface area contributed by atoms with Gasteiger partial charge in [-0.15, -0.1) is 0 Å². The Bertz CT molecular complexity index is 946. The number of ketones is 1. The molecule has 0 aliphatic carbocycles. The number of Topliss-reactive ketones (excluding diaryl/α,β-unsaturated/α-hetero) is 1. The highest BCUT2D eigenvalue weighted by molar-refractivity contribution is 6.46. The number of aliphatic hydroxyl groups excluding tert-OH is 1. The van der Waals surface area contributed by atoms with Crippen molar-refractivity contribution in [3.63, 3.8) is 0 Å². The SMILES string of the molecule is CCCCCCN1C(=O)C(=O)/C(=C(/O)c2ccc(C)cc2)[C@@H]1c1ccccc1OC. The molecular formula is C25H29NO4. The molecule has 0 aromatic heterocycles. The van der Waals surface area contributed by atoms with Crippen molar-refractivity contribution in [3.05, 3.63) is 70.8 Å². The molecule has 1 atom stereocenters. The Kier molecular flexibility index (Phi) is 6.93. The average molecular weight is 408 g/mol. The number of likely N-dealkylation sites (tertiary alicyclic amines) is 1. The number of carbonyl (C=O) groups excluding carboxylic acids is 2. The third-order valence-corrected chi connectivity index (χ3v) is 5.55. The van der Waals surface area contributed by atoms with Gasteiger partial charge in [-0.25, -0.2) is 0 Å². The first-order valence-electron chi connectivity index (χ1n) is 10.5. The van der Waals surface area contributed by atoms with E-state index >= 15 is 0 Å². The lowest BCUT2D eigenvalue weighted by Crippen LogP contribution is -2.30. The summed E-state index contributed by atoms with van der Waals surface area (Å²) in [5, 5.41) is 11.1. The van der Waals surface area contributed by atoms with Crippen LogP contribution in [0.2, 0.25) is 0 Å². The lowest BCUT2D eigenvalue weighted by molar-refractivity contribution is -0.139. The van der Waals surface area contributed by atoms with E-state index in [1.165, 1.54) is 0 Å². The van der Waals surface area contributed by atoms with Gasteiger partial charge >= 0.3 is 0 Å². The van der Waals surface area contributed by atoms with E-state index < -0.39 is 17.7 Å². The minimum atomic E-state index is -0.677. The first-order valence-corrected chi connectivity index (χ1v) is 10.5. The molecule has 1 amide bonds. The molecule has 1 N–H and O–H groups in total. The number of hydrogen-bond acceptors (Lipinski definition) is 4. The number of carbonyl (C=O) groups is 2. The number of aliphatic hydroxyl groups is 1. The minimum Gasteiger partial charge on any atom is -0.507 e. The second kappa shape index (κ2) is 9.61. The van der Waals surface area contributed by atoms with E-state index in [0.29, 0.717) is 23.4 Å². The standard InChI is InChI=1S/C25H29NO4/c1-4-5-6-9-16-26-22(19-10-7-8-11-20(19)30-3)21(24(28)25(26)29)23(27)18-14-12-17(2)13-15-18/h7-8,10-15,22,27H,4-6,9,16H2,1-3H3/b23-21+/t22-/m0/s1. The molecule has 158 valence electrons. The van der Waals surface area contributed by atoms with E-state index in [0.717, 1.165) is 31.2 Å². The third-order valence-electron chi connectivity index (χ3n) is 5.55. The number of hydrogen-bond donors (Lipinski definition) is 1. The zero-order valence-corrected chi connectivity index (χ0v) is 17.9. The fraction of sp³-hybridized carbons (Fsp3) is 0.360. The number of methoxy groups -OCH3 is 1. The Morgan fingerprint density at radius 3 is 2.40 bits per heavy atom. The van der Waals surface area contributed by atoms with Gasteiger partial charge in [0.2, 0.25) is 0 Å². The summed E-state index contributed by atoms with van der Waals surface area (Å²) in [7, 11) is 1.56. The van der Waals surface area contributed by atoms with Crippen molar-refractivity contribution in [2.75, 3.05) is 13.7 Å². The Labute approximate surface area is 178 Å². The molecule has 0 radical (unpaired) electrons. The molecule has 0 unspecified atom stereocenters. The maximum Gasteiger partial charge on any atom is 0.295 e. The minimum absolute atomic E-state index is 0.115. The van der Waals surface area contributed by atoms with Crippen molar-refractivity contribution < 1.29 is 19.4 Å². The molecule has 1 aliphatic heterocycles. The molecule has 1 fully saturated rings. The quantitative estimate of drug-likeness (QED) is 0.289. The maximum atomic E-state index is 13.0.